The summed E-state index contributed by atoms with van der Waals surface area (Å²) in [6.07, 6.45) is 0. The Balaban J connectivity index is 2.71. The minimum Gasteiger partial charge on any atom is -0.388 e. The number of aromatic nitrogens is 2. The topological polar surface area (TPSA) is 58.0 Å². The zero-order chi connectivity index (χ0) is 10.6. The van der Waals surface area contributed by atoms with E-state index in [0.29, 0.717) is 11.7 Å². The Morgan fingerprint density at radius 1 is 1.43 bits per heavy atom. The molecule has 78 valence electrons. The first-order valence-corrected chi connectivity index (χ1v) is 4.81. The van der Waals surface area contributed by atoms with E-state index in [4.69, 9.17) is 5.11 Å². The third kappa shape index (κ3) is 3.30. The van der Waals surface area contributed by atoms with Gasteiger partial charge >= 0.3 is 0 Å². The van der Waals surface area contributed by atoms with E-state index >= 15 is 0 Å². The van der Waals surface area contributed by atoms with Gasteiger partial charge in [0.15, 0.2) is 5.82 Å². The molecule has 0 aliphatic rings. The summed E-state index contributed by atoms with van der Waals surface area (Å²) in [6.45, 7) is 6.92. The molecule has 0 unspecified atom stereocenters. The van der Waals surface area contributed by atoms with Crippen molar-refractivity contribution in [3.05, 3.63) is 17.6 Å². The number of aliphatic hydroxyl groups is 1. The smallest absolute Gasteiger partial charge is 0.156 e. The summed E-state index contributed by atoms with van der Waals surface area (Å²) in [4.78, 5) is 8.23. The highest BCUT2D eigenvalue weighted by Crippen LogP contribution is 2.07. The van der Waals surface area contributed by atoms with Crippen LogP contribution in [0.25, 0.3) is 0 Å². The Labute approximate surface area is 84.4 Å². The van der Waals surface area contributed by atoms with Gasteiger partial charge in [0.25, 0.3) is 0 Å². The lowest BCUT2D eigenvalue weighted by Crippen LogP contribution is -2.11. The van der Waals surface area contributed by atoms with Crippen molar-refractivity contribution in [3.8, 4) is 0 Å². The fourth-order valence-corrected chi connectivity index (χ4v) is 1.10. The number of rotatable bonds is 4. The Morgan fingerprint density at radius 2 is 2.14 bits per heavy atom. The third-order valence-corrected chi connectivity index (χ3v) is 1.73. The number of hydrogen-bond acceptors (Lipinski definition) is 4. The SMILES string of the molecule is Cc1cc(NCC(C)C)nc(CO)n1. The van der Waals surface area contributed by atoms with Crippen LogP contribution in [0.3, 0.4) is 0 Å². The van der Waals surface area contributed by atoms with Gasteiger partial charge in [-0.1, -0.05) is 13.8 Å². The average Bonchev–Trinajstić information content (AvgIpc) is 2.14. The second-order valence-corrected chi connectivity index (χ2v) is 3.74. The van der Waals surface area contributed by atoms with Crippen LogP contribution in [0.1, 0.15) is 25.4 Å². The molecule has 4 heteroatoms. The summed E-state index contributed by atoms with van der Waals surface area (Å²) < 4.78 is 0. The lowest BCUT2D eigenvalue weighted by Gasteiger charge is -2.09. The van der Waals surface area contributed by atoms with Crippen LogP contribution in [-0.4, -0.2) is 21.6 Å². The van der Waals surface area contributed by atoms with Crippen molar-refractivity contribution in [1.82, 2.24) is 9.97 Å². The van der Waals surface area contributed by atoms with Gasteiger partial charge in [0, 0.05) is 18.3 Å². The van der Waals surface area contributed by atoms with Crippen LogP contribution in [0, 0.1) is 12.8 Å². The highest BCUT2D eigenvalue weighted by Gasteiger charge is 2.01. The van der Waals surface area contributed by atoms with Crippen LogP contribution in [0.4, 0.5) is 5.82 Å². The van der Waals surface area contributed by atoms with E-state index in [1.54, 1.807) is 0 Å². The number of nitrogens with one attached hydrogen (secondary N) is 1. The van der Waals surface area contributed by atoms with Crippen LogP contribution in [0.5, 0.6) is 0 Å². The predicted octanol–water partition coefficient (Wildman–Crippen LogP) is 1.35. The maximum atomic E-state index is 8.91. The molecule has 0 aromatic carbocycles. The number of nitrogens with zero attached hydrogens (tertiary/aromatic N) is 2. The minimum atomic E-state index is -0.113. The lowest BCUT2D eigenvalue weighted by molar-refractivity contribution is 0.271. The quantitative estimate of drug-likeness (QED) is 0.761. The van der Waals surface area contributed by atoms with Gasteiger partial charge in [-0.25, -0.2) is 9.97 Å². The molecule has 1 aromatic heterocycles. The standard InChI is InChI=1S/C10H17N3O/c1-7(2)5-11-9-4-8(3)12-10(6-14)13-9/h4,7,14H,5-6H2,1-3H3,(H,11,12,13). The maximum absolute atomic E-state index is 8.91. The monoisotopic (exact) mass is 195 g/mol. The molecule has 14 heavy (non-hydrogen) atoms. The highest BCUT2D eigenvalue weighted by atomic mass is 16.3. The first-order chi connectivity index (χ1) is 6.61. The summed E-state index contributed by atoms with van der Waals surface area (Å²) in [7, 11) is 0. The Kier molecular flexibility index (Phi) is 3.83. The van der Waals surface area contributed by atoms with E-state index in [0.717, 1.165) is 18.1 Å². The fraction of sp³-hybridized carbons (Fsp3) is 0.600. The fourth-order valence-electron chi connectivity index (χ4n) is 1.10. The zero-order valence-electron chi connectivity index (χ0n) is 8.91. The van der Waals surface area contributed by atoms with E-state index in [1.165, 1.54) is 0 Å². The van der Waals surface area contributed by atoms with Gasteiger partial charge in [-0.3, -0.25) is 0 Å². The molecule has 0 saturated heterocycles. The van der Waals surface area contributed by atoms with E-state index < -0.39 is 0 Å². The van der Waals surface area contributed by atoms with Gasteiger partial charge in [0.1, 0.15) is 12.4 Å². The molecule has 0 aliphatic heterocycles. The van der Waals surface area contributed by atoms with Crippen LogP contribution in [0.15, 0.2) is 6.07 Å². The molecule has 1 aromatic rings. The molecule has 0 bridgehead atoms. The van der Waals surface area contributed by atoms with Crippen LogP contribution in [-0.2, 0) is 6.61 Å². The average molecular weight is 195 g/mol. The summed E-state index contributed by atoms with van der Waals surface area (Å²) >= 11 is 0. The number of aliphatic hydroxyl groups excluding tert-OH is 1. The second kappa shape index (κ2) is 4.91. The molecule has 0 radical (unpaired) electrons. The van der Waals surface area contributed by atoms with Crippen molar-refractivity contribution >= 4 is 5.82 Å². The molecule has 1 rings (SSSR count). The molecule has 0 spiro atoms. The van der Waals surface area contributed by atoms with Crippen LogP contribution >= 0.6 is 0 Å². The molecular weight excluding hydrogens is 178 g/mol. The van der Waals surface area contributed by atoms with Gasteiger partial charge in [-0.15, -0.1) is 0 Å². The summed E-state index contributed by atoms with van der Waals surface area (Å²) in [5, 5.41) is 12.1. The highest BCUT2D eigenvalue weighted by molar-refractivity contribution is 5.35. The Hall–Kier alpha value is -1.16. The summed E-state index contributed by atoms with van der Waals surface area (Å²) in [6, 6.07) is 1.88. The molecule has 0 aliphatic carbocycles. The van der Waals surface area contributed by atoms with Crippen LogP contribution < -0.4 is 5.32 Å². The lowest BCUT2D eigenvalue weighted by atomic mass is 10.2. The summed E-state index contributed by atoms with van der Waals surface area (Å²) in [5.41, 5.74) is 0.871. The van der Waals surface area contributed by atoms with E-state index in [2.05, 4.69) is 29.1 Å². The van der Waals surface area contributed by atoms with Crippen molar-refractivity contribution < 1.29 is 5.11 Å². The van der Waals surface area contributed by atoms with Gasteiger partial charge in [-0.05, 0) is 12.8 Å². The minimum absolute atomic E-state index is 0.113. The molecule has 0 fully saturated rings. The van der Waals surface area contributed by atoms with Crippen molar-refractivity contribution in [1.29, 1.82) is 0 Å². The van der Waals surface area contributed by atoms with Crippen LogP contribution in [0.2, 0.25) is 0 Å². The van der Waals surface area contributed by atoms with Crippen molar-refractivity contribution in [2.24, 2.45) is 5.92 Å². The normalized spacial score (nSPS) is 10.6. The molecule has 0 amide bonds. The molecule has 2 N–H and O–H groups in total. The first kappa shape index (κ1) is 10.9. The van der Waals surface area contributed by atoms with Gasteiger partial charge in [0.2, 0.25) is 0 Å². The third-order valence-electron chi connectivity index (χ3n) is 1.73. The van der Waals surface area contributed by atoms with Crippen molar-refractivity contribution in [3.63, 3.8) is 0 Å². The predicted molar refractivity (Wildman–Crippen MR) is 56.0 cm³/mol. The maximum Gasteiger partial charge on any atom is 0.156 e. The molecule has 0 saturated carbocycles. The van der Waals surface area contributed by atoms with Crippen molar-refractivity contribution in [2.45, 2.75) is 27.4 Å². The van der Waals surface area contributed by atoms with E-state index in [9.17, 15) is 0 Å². The van der Waals surface area contributed by atoms with Gasteiger partial charge < -0.3 is 10.4 Å². The largest absolute Gasteiger partial charge is 0.388 e. The number of aryl methyl sites for hydroxylation is 1. The molecule has 1 heterocycles. The molecule has 4 nitrogen and oxygen atoms in total. The Morgan fingerprint density at radius 3 is 2.71 bits per heavy atom. The van der Waals surface area contributed by atoms with E-state index in [-0.39, 0.29) is 6.61 Å². The Bertz CT molecular complexity index is 299. The van der Waals surface area contributed by atoms with E-state index in [1.807, 2.05) is 13.0 Å². The number of anilines is 1. The first-order valence-electron chi connectivity index (χ1n) is 4.81. The number of hydrogen-bond donors (Lipinski definition) is 2. The zero-order valence-corrected chi connectivity index (χ0v) is 8.91. The molecular formula is C10H17N3O. The van der Waals surface area contributed by atoms with Gasteiger partial charge in [0.05, 0.1) is 0 Å². The molecule has 0 atom stereocenters. The second-order valence-electron chi connectivity index (χ2n) is 3.74. The van der Waals surface area contributed by atoms with Gasteiger partial charge in [-0.2, -0.15) is 0 Å². The summed E-state index contributed by atoms with van der Waals surface area (Å²) in [5.74, 6) is 1.83. The van der Waals surface area contributed by atoms with Crippen molar-refractivity contribution in [2.75, 3.05) is 11.9 Å².